The minimum atomic E-state index is 0.470. The molecule has 3 nitrogen and oxygen atoms in total. The molecule has 2 N–H and O–H groups in total. The van der Waals surface area contributed by atoms with Gasteiger partial charge in [0.15, 0.2) is 0 Å². The molecule has 1 aliphatic rings. The lowest BCUT2D eigenvalue weighted by atomic mass is 9.85. The summed E-state index contributed by atoms with van der Waals surface area (Å²) >= 11 is 0. The van der Waals surface area contributed by atoms with Crippen molar-refractivity contribution in [3.05, 3.63) is 23.9 Å². The molecule has 0 radical (unpaired) electrons. The van der Waals surface area contributed by atoms with Crippen molar-refractivity contribution in [2.24, 2.45) is 11.1 Å². The zero-order valence-electron chi connectivity index (χ0n) is 11.7. The Hall–Kier alpha value is -1.09. The Labute approximate surface area is 110 Å². The second kappa shape index (κ2) is 5.70. The molecule has 0 aliphatic carbocycles. The van der Waals surface area contributed by atoms with Gasteiger partial charge in [-0.25, -0.2) is 4.98 Å². The van der Waals surface area contributed by atoms with Gasteiger partial charge in [0, 0.05) is 19.3 Å². The van der Waals surface area contributed by atoms with Gasteiger partial charge in [0.25, 0.3) is 0 Å². The molecule has 0 spiro atoms. The van der Waals surface area contributed by atoms with Crippen molar-refractivity contribution in [1.82, 2.24) is 4.98 Å². The maximum Gasteiger partial charge on any atom is 0.131 e. The zero-order chi connectivity index (χ0) is 13.0. The first-order valence-corrected chi connectivity index (χ1v) is 7.01. The molecule has 0 saturated carbocycles. The average molecular weight is 247 g/mol. The summed E-state index contributed by atoms with van der Waals surface area (Å²) in [4.78, 5) is 7.02. The summed E-state index contributed by atoms with van der Waals surface area (Å²) in [5.74, 6) is 1.15. The third kappa shape index (κ3) is 3.22. The summed E-state index contributed by atoms with van der Waals surface area (Å²) in [5.41, 5.74) is 7.45. The molecule has 0 aromatic carbocycles. The van der Waals surface area contributed by atoms with Crippen molar-refractivity contribution >= 4 is 5.82 Å². The molecule has 0 amide bonds. The van der Waals surface area contributed by atoms with Crippen molar-refractivity contribution < 1.29 is 0 Å². The Morgan fingerprint density at radius 3 is 2.94 bits per heavy atom. The lowest BCUT2D eigenvalue weighted by Gasteiger charge is -2.25. The Morgan fingerprint density at radius 2 is 2.17 bits per heavy atom. The van der Waals surface area contributed by atoms with Gasteiger partial charge in [-0.3, -0.25) is 0 Å². The van der Waals surface area contributed by atoms with E-state index in [0.717, 1.165) is 25.3 Å². The number of pyridine rings is 1. The van der Waals surface area contributed by atoms with Crippen LogP contribution in [0, 0.1) is 5.41 Å². The molecule has 1 fully saturated rings. The predicted octanol–water partition coefficient (Wildman–Crippen LogP) is 2.60. The van der Waals surface area contributed by atoms with E-state index in [2.05, 4.69) is 29.8 Å². The normalized spacial score (nSPS) is 19.6. The topological polar surface area (TPSA) is 42.2 Å². The van der Waals surface area contributed by atoms with Crippen LogP contribution in [0.3, 0.4) is 0 Å². The first kappa shape index (κ1) is 13.3. The van der Waals surface area contributed by atoms with E-state index in [0.29, 0.717) is 12.0 Å². The van der Waals surface area contributed by atoms with Gasteiger partial charge in [0.1, 0.15) is 5.82 Å². The molecular formula is C15H25N3. The maximum atomic E-state index is 5.69. The summed E-state index contributed by atoms with van der Waals surface area (Å²) in [6, 6.07) is 4.17. The molecule has 0 bridgehead atoms. The Kier molecular flexibility index (Phi) is 4.23. The maximum absolute atomic E-state index is 5.69. The standard InChI is InChI=1S/C15H25N3/c1-15(2)7-4-11-18(12-8-15)14-13(6-9-16)5-3-10-17-14/h3,5,10H,4,6-9,11-12,16H2,1-2H3. The van der Waals surface area contributed by atoms with Crippen LogP contribution in [0.4, 0.5) is 5.82 Å². The highest BCUT2D eigenvalue weighted by molar-refractivity contribution is 5.47. The number of hydrogen-bond donors (Lipinski definition) is 1. The van der Waals surface area contributed by atoms with Gasteiger partial charge in [0.05, 0.1) is 0 Å². The van der Waals surface area contributed by atoms with Gasteiger partial charge in [-0.2, -0.15) is 0 Å². The van der Waals surface area contributed by atoms with E-state index in [4.69, 9.17) is 5.73 Å². The smallest absolute Gasteiger partial charge is 0.131 e. The highest BCUT2D eigenvalue weighted by atomic mass is 15.2. The van der Waals surface area contributed by atoms with Gasteiger partial charge in [0.2, 0.25) is 0 Å². The second-order valence-electron chi connectivity index (χ2n) is 6.03. The second-order valence-corrected chi connectivity index (χ2v) is 6.03. The summed E-state index contributed by atoms with van der Waals surface area (Å²) in [5, 5.41) is 0. The molecule has 100 valence electrons. The Balaban J connectivity index is 2.15. The number of hydrogen-bond acceptors (Lipinski definition) is 3. The minimum absolute atomic E-state index is 0.470. The molecule has 1 saturated heterocycles. The highest BCUT2D eigenvalue weighted by Gasteiger charge is 2.24. The summed E-state index contributed by atoms with van der Waals surface area (Å²) in [6.45, 7) is 7.67. The first-order chi connectivity index (χ1) is 8.62. The van der Waals surface area contributed by atoms with Crippen LogP contribution in [0.15, 0.2) is 18.3 Å². The van der Waals surface area contributed by atoms with Crippen molar-refractivity contribution in [2.45, 2.75) is 39.5 Å². The fourth-order valence-corrected chi connectivity index (χ4v) is 2.70. The van der Waals surface area contributed by atoms with Gasteiger partial charge >= 0.3 is 0 Å². The van der Waals surface area contributed by atoms with E-state index in [9.17, 15) is 0 Å². The third-order valence-corrected chi connectivity index (χ3v) is 3.92. The van der Waals surface area contributed by atoms with Crippen LogP contribution in [0.1, 0.15) is 38.7 Å². The molecular weight excluding hydrogens is 222 g/mol. The summed E-state index contributed by atoms with van der Waals surface area (Å²) in [7, 11) is 0. The van der Waals surface area contributed by atoms with Crippen molar-refractivity contribution in [1.29, 1.82) is 0 Å². The van der Waals surface area contributed by atoms with Crippen LogP contribution < -0.4 is 10.6 Å². The van der Waals surface area contributed by atoms with Crippen molar-refractivity contribution in [3.8, 4) is 0 Å². The average Bonchev–Trinajstić information content (AvgIpc) is 2.52. The monoisotopic (exact) mass is 247 g/mol. The van der Waals surface area contributed by atoms with Gasteiger partial charge in [-0.15, -0.1) is 0 Å². The number of aromatic nitrogens is 1. The number of nitrogens with zero attached hydrogens (tertiary/aromatic N) is 2. The number of nitrogens with two attached hydrogens (primary N) is 1. The lowest BCUT2D eigenvalue weighted by Crippen LogP contribution is -2.27. The summed E-state index contributed by atoms with van der Waals surface area (Å²) < 4.78 is 0. The van der Waals surface area contributed by atoms with E-state index in [1.807, 2.05) is 12.3 Å². The van der Waals surface area contributed by atoms with Crippen LogP contribution in [-0.4, -0.2) is 24.6 Å². The zero-order valence-corrected chi connectivity index (χ0v) is 11.7. The van der Waals surface area contributed by atoms with E-state index in [-0.39, 0.29) is 0 Å². The van der Waals surface area contributed by atoms with Crippen LogP contribution in [0.5, 0.6) is 0 Å². The largest absolute Gasteiger partial charge is 0.356 e. The number of rotatable bonds is 3. The van der Waals surface area contributed by atoms with Crippen LogP contribution in [0.25, 0.3) is 0 Å². The van der Waals surface area contributed by atoms with Gasteiger partial charge < -0.3 is 10.6 Å². The molecule has 2 rings (SSSR count). The molecule has 1 aliphatic heterocycles. The highest BCUT2D eigenvalue weighted by Crippen LogP contribution is 2.31. The fourth-order valence-electron chi connectivity index (χ4n) is 2.70. The Morgan fingerprint density at radius 1 is 1.33 bits per heavy atom. The number of anilines is 1. The molecule has 0 unspecified atom stereocenters. The predicted molar refractivity (Wildman–Crippen MR) is 76.8 cm³/mol. The molecule has 1 aromatic rings. The fraction of sp³-hybridized carbons (Fsp3) is 0.667. The van der Waals surface area contributed by atoms with Gasteiger partial charge in [-0.1, -0.05) is 19.9 Å². The lowest BCUT2D eigenvalue weighted by molar-refractivity contribution is 0.325. The van der Waals surface area contributed by atoms with Crippen LogP contribution in [-0.2, 0) is 6.42 Å². The molecule has 1 aromatic heterocycles. The molecule has 2 heterocycles. The van der Waals surface area contributed by atoms with Crippen molar-refractivity contribution in [2.75, 3.05) is 24.5 Å². The third-order valence-electron chi connectivity index (χ3n) is 3.92. The van der Waals surface area contributed by atoms with Crippen LogP contribution >= 0.6 is 0 Å². The van der Waals surface area contributed by atoms with E-state index in [1.54, 1.807) is 0 Å². The minimum Gasteiger partial charge on any atom is -0.356 e. The van der Waals surface area contributed by atoms with E-state index < -0.39 is 0 Å². The SMILES string of the molecule is CC1(C)CCCN(c2ncccc2CCN)CC1. The summed E-state index contributed by atoms with van der Waals surface area (Å²) in [6.07, 6.45) is 6.62. The Bertz CT molecular complexity index is 387. The van der Waals surface area contributed by atoms with Crippen LogP contribution in [0.2, 0.25) is 0 Å². The first-order valence-electron chi connectivity index (χ1n) is 7.01. The van der Waals surface area contributed by atoms with E-state index >= 15 is 0 Å². The molecule has 0 atom stereocenters. The van der Waals surface area contributed by atoms with E-state index in [1.165, 1.54) is 24.8 Å². The van der Waals surface area contributed by atoms with Gasteiger partial charge in [-0.05, 0) is 49.3 Å². The van der Waals surface area contributed by atoms with Crippen molar-refractivity contribution in [3.63, 3.8) is 0 Å². The molecule has 18 heavy (non-hydrogen) atoms. The molecule has 3 heteroatoms. The quantitative estimate of drug-likeness (QED) is 0.892.